The second kappa shape index (κ2) is 8.10. The summed E-state index contributed by atoms with van der Waals surface area (Å²) in [4.78, 5) is 12.6. The number of nitrogens with zero attached hydrogens (tertiary/aromatic N) is 3. The lowest BCUT2D eigenvalue weighted by molar-refractivity contribution is 0.246. The molecule has 4 nitrogen and oxygen atoms in total. The molecule has 0 bridgehead atoms. The van der Waals surface area contributed by atoms with Gasteiger partial charge in [-0.3, -0.25) is 9.88 Å². The fraction of sp³-hybridized carbons (Fsp3) is 0.500. The van der Waals surface area contributed by atoms with E-state index in [4.69, 9.17) is 0 Å². The summed E-state index contributed by atoms with van der Waals surface area (Å²) in [5, 5.41) is 5.38. The molecule has 0 fully saturated rings. The van der Waals surface area contributed by atoms with Crippen molar-refractivity contribution in [2.45, 2.75) is 39.3 Å². The van der Waals surface area contributed by atoms with E-state index in [-0.39, 0.29) is 0 Å². The summed E-state index contributed by atoms with van der Waals surface area (Å²) in [5.41, 5.74) is 1.01. The van der Waals surface area contributed by atoms with Crippen LogP contribution in [0, 0.1) is 0 Å². The van der Waals surface area contributed by atoms with Crippen LogP contribution in [0.25, 0.3) is 0 Å². The molecule has 0 aromatic carbocycles. The molecule has 0 aliphatic heterocycles. The molecule has 0 radical (unpaired) electrons. The number of likely N-dealkylation sites (N-methyl/N-ethyl adjacent to an activating group) is 1. The van der Waals surface area contributed by atoms with Gasteiger partial charge in [0.15, 0.2) is 0 Å². The van der Waals surface area contributed by atoms with Crippen molar-refractivity contribution < 1.29 is 0 Å². The van der Waals surface area contributed by atoms with Gasteiger partial charge in [0, 0.05) is 24.0 Å². The van der Waals surface area contributed by atoms with Gasteiger partial charge in [0.2, 0.25) is 0 Å². The van der Waals surface area contributed by atoms with E-state index >= 15 is 0 Å². The van der Waals surface area contributed by atoms with E-state index in [0.29, 0.717) is 6.04 Å². The van der Waals surface area contributed by atoms with E-state index in [9.17, 15) is 0 Å². The Kier molecular flexibility index (Phi) is 6.14. The summed E-state index contributed by atoms with van der Waals surface area (Å²) in [6.45, 7) is 6.16. The van der Waals surface area contributed by atoms with Crippen molar-refractivity contribution >= 4 is 17.2 Å². The molecule has 0 saturated heterocycles. The van der Waals surface area contributed by atoms with E-state index < -0.39 is 0 Å². The topological polar surface area (TPSA) is 41.1 Å². The van der Waals surface area contributed by atoms with Gasteiger partial charge < -0.3 is 5.32 Å². The lowest BCUT2D eigenvalue weighted by atomic mass is 10.2. The molecule has 114 valence electrons. The zero-order valence-electron chi connectivity index (χ0n) is 13.0. The third-order valence-corrected chi connectivity index (χ3v) is 4.40. The van der Waals surface area contributed by atoms with Gasteiger partial charge in [-0.05, 0) is 38.3 Å². The van der Waals surface area contributed by atoms with Gasteiger partial charge in [0.1, 0.15) is 5.82 Å². The van der Waals surface area contributed by atoms with Crippen LogP contribution in [0.1, 0.15) is 30.8 Å². The van der Waals surface area contributed by atoms with Crippen LogP contribution < -0.4 is 5.32 Å². The van der Waals surface area contributed by atoms with Crippen LogP contribution in [-0.2, 0) is 13.0 Å². The maximum absolute atomic E-state index is 4.49. The SMILES string of the molecule is CCCNc1cnc(CN(C)C(C)Cc2cccs2)cn1. The smallest absolute Gasteiger partial charge is 0.144 e. The summed E-state index contributed by atoms with van der Waals surface area (Å²) < 4.78 is 0. The molecule has 1 unspecified atom stereocenters. The highest BCUT2D eigenvalue weighted by Crippen LogP contribution is 2.14. The van der Waals surface area contributed by atoms with Crippen LogP contribution >= 0.6 is 11.3 Å². The van der Waals surface area contributed by atoms with Crippen molar-refractivity contribution in [2.24, 2.45) is 0 Å². The van der Waals surface area contributed by atoms with Crippen molar-refractivity contribution in [3.05, 3.63) is 40.5 Å². The first kappa shape index (κ1) is 15.9. The zero-order valence-corrected chi connectivity index (χ0v) is 13.9. The minimum absolute atomic E-state index is 0.489. The minimum atomic E-state index is 0.489. The number of aromatic nitrogens is 2. The predicted octanol–water partition coefficient (Wildman–Crippen LogP) is 3.42. The summed E-state index contributed by atoms with van der Waals surface area (Å²) in [5.74, 6) is 0.856. The van der Waals surface area contributed by atoms with Crippen LogP contribution in [0.2, 0.25) is 0 Å². The van der Waals surface area contributed by atoms with Crippen LogP contribution in [0.3, 0.4) is 0 Å². The maximum Gasteiger partial charge on any atom is 0.144 e. The first-order valence-electron chi connectivity index (χ1n) is 7.46. The van der Waals surface area contributed by atoms with Crippen molar-refractivity contribution in [2.75, 3.05) is 18.9 Å². The molecule has 2 aromatic heterocycles. The lowest BCUT2D eigenvalue weighted by Gasteiger charge is -2.23. The molecule has 2 rings (SSSR count). The van der Waals surface area contributed by atoms with E-state index in [1.165, 1.54) is 4.88 Å². The minimum Gasteiger partial charge on any atom is -0.369 e. The summed E-state index contributed by atoms with van der Waals surface area (Å²) >= 11 is 1.82. The first-order valence-corrected chi connectivity index (χ1v) is 8.34. The molecule has 5 heteroatoms. The number of anilines is 1. The highest BCUT2D eigenvalue weighted by Gasteiger charge is 2.12. The van der Waals surface area contributed by atoms with Crippen LogP contribution in [0.4, 0.5) is 5.82 Å². The quantitative estimate of drug-likeness (QED) is 0.811. The maximum atomic E-state index is 4.49. The molecule has 1 N–H and O–H groups in total. The zero-order chi connectivity index (χ0) is 15.1. The Morgan fingerprint density at radius 2 is 2.19 bits per heavy atom. The molecule has 2 aromatic rings. The van der Waals surface area contributed by atoms with Gasteiger partial charge in [0.05, 0.1) is 18.1 Å². The molecule has 1 atom stereocenters. The predicted molar refractivity (Wildman–Crippen MR) is 89.8 cm³/mol. The van der Waals surface area contributed by atoms with Gasteiger partial charge in [-0.15, -0.1) is 11.3 Å². The van der Waals surface area contributed by atoms with Crippen molar-refractivity contribution in [1.29, 1.82) is 0 Å². The standard InChI is InChI=1S/C16H24N4S/c1-4-7-17-16-11-18-14(10-19-16)12-20(3)13(2)9-15-6-5-8-21-15/h5-6,8,10-11,13H,4,7,9,12H2,1-3H3,(H,17,19). The summed E-state index contributed by atoms with van der Waals surface area (Å²) in [6.07, 6.45) is 5.86. The summed E-state index contributed by atoms with van der Waals surface area (Å²) in [7, 11) is 2.14. The van der Waals surface area contributed by atoms with Crippen molar-refractivity contribution in [3.8, 4) is 0 Å². The highest BCUT2D eigenvalue weighted by atomic mass is 32.1. The van der Waals surface area contributed by atoms with Crippen LogP contribution in [0.5, 0.6) is 0 Å². The Labute approximate surface area is 131 Å². The van der Waals surface area contributed by atoms with Gasteiger partial charge in [-0.2, -0.15) is 0 Å². The molecule has 0 aliphatic rings. The van der Waals surface area contributed by atoms with E-state index in [1.807, 2.05) is 23.7 Å². The monoisotopic (exact) mass is 304 g/mol. The average Bonchev–Trinajstić information content (AvgIpc) is 2.99. The van der Waals surface area contributed by atoms with E-state index in [2.05, 4.69) is 58.6 Å². The summed E-state index contributed by atoms with van der Waals surface area (Å²) in [6, 6.07) is 4.80. The van der Waals surface area contributed by atoms with Crippen LogP contribution in [-0.4, -0.2) is 34.5 Å². The Hall–Kier alpha value is -1.46. The highest BCUT2D eigenvalue weighted by molar-refractivity contribution is 7.09. The fourth-order valence-corrected chi connectivity index (χ4v) is 2.89. The number of thiophene rings is 1. The Morgan fingerprint density at radius 3 is 2.81 bits per heavy atom. The fourth-order valence-electron chi connectivity index (χ4n) is 2.07. The van der Waals surface area contributed by atoms with Gasteiger partial charge in [0.25, 0.3) is 0 Å². The molecular formula is C16H24N4S. The number of hydrogen-bond acceptors (Lipinski definition) is 5. The normalized spacial score (nSPS) is 12.6. The van der Waals surface area contributed by atoms with Gasteiger partial charge >= 0.3 is 0 Å². The average molecular weight is 304 g/mol. The number of hydrogen-bond donors (Lipinski definition) is 1. The lowest BCUT2D eigenvalue weighted by Crippen LogP contribution is -2.30. The number of nitrogens with one attached hydrogen (secondary N) is 1. The van der Waals surface area contributed by atoms with Crippen LogP contribution in [0.15, 0.2) is 29.9 Å². The molecule has 0 spiro atoms. The van der Waals surface area contributed by atoms with Gasteiger partial charge in [-0.1, -0.05) is 13.0 Å². The second-order valence-corrected chi connectivity index (χ2v) is 6.40. The Bertz CT molecular complexity index is 510. The van der Waals surface area contributed by atoms with E-state index in [1.54, 1.807) is 0 Å². The first-order chi connectivity index (χ1) is 10.2. The number of rotatable bonds is 8. The molecule has 0 aliphatic carbocycles. The third kappa shape index (κ3) is 5.10. The Morgan fingerprint density at radius 1 is 1.33 bits per heavy atom. The van der Waals surface area contributed by atoms with E-state index in [0.717, 1.165) is 37.4 Å². The van der Waals surface area contributed by atoms with Crippen molar-refractivity contribution in [1.82, 2.24) is 14.9 Å². The molecule has 2 heterocycles. The second-order valence-electron chi connectivity index (χ2n) is 5.37. The molecule has 0 saturated carbocycles. The third-order valence-electron chi connectivity index (χ3n) is 3.50. The molecular weight excluding hydrogens is 280 g/mol. The molecule has 0 amide bonds. The molecule has 21 heavy (non-hydrogen) atoms. The Balaban J connectivity index is 1.85. The largest absolute Gasteiger partial charge is 0.369 e. The van der Waals surface area contributed by atoms with Crippen molar-refractivity contribution in [3.63, 3.8) is 0 Å². The van der Waals surface area contributed by atoms with Gasteiger partial charge in [-0.25, -0.2) is 4.98 Å².